The summed E-state index contributed by atoms with van der Waals surface area (Å²) in [6, 6.07) is 0. The van der Waals surface area contributed by atoms with Gasteiger partial charge in [0.05, 0.1) is 6.61 Å². The highest BCUT2D eigenvalue weighted by atomic mass is 16.3. The zero-order chi connectivity index (χ0) is 6.41. The van der Waals surface area contributed by atoms with Gasteiger partial charge in [0.15, 0.2) is 0 Å². The van der Waals surface area contributed by atoms with Gasteiger partial charge in [-0.3, -0.25) is 0 Å². The van der Waals surface area contributed by atoms with E-state index in [1.165, 1.54) is 0 Å². The Balaban J connectivity index is 3.29. The van der Waals surface area contributed by atoms with Gasteiger partial charge in [0.2, 0.25) is 0 Å². The summed E-state index contributed by atoms with van der Waals surface area (Å²) in [5, 5.41) is 16.6. The molecular formula is C6H12O2. The standard InChI is InChI=1S/C6H12O2/c1-6(2-4-7)3-5-8/h2,7-8H,3-5H2,1H3/b6-2+. The lowest BCUT2D eigenvalue weighted by Gasteiger charge is -1.92. The second-order valence-corrected chi connectivity index (χ2v) is 1.71. The molecule has 0 aromatic heterocycles. The van der Waals surface area contributed by atoms with Gasteiger partial charge < -0.3 is 10.2 Å². The van der Waals surface area contributed by atoms with Crippen LogP contribution in [-0.2, 0) is 0 Å². The van der Waals surface area contributed by atoms with Crippen LogP contribution in [0, 0.1) is 0 Å². The van der Waals surface area contributed by atoms with E-state index >= 15 is 0 Å². The topological polar surface area (TPSA) is 40.5 Å². The third-order valence-corrected chi connectivity index (χ3v) is 0.946. The Morgan fingerprint density at radius 3 is 2.50 bits per heavy atom. The summed E-state index contributed by atoms with van der Waals surface area (Å²) in [5.41, 5.74) is 1.04. The minimum absolute atomic E-state index is 0.0752. The van der Waals surface area contributed by atoms with Gasteiger partial charge in [0.1, 0.15) is 0 Å². The highest BCUT2D eigenvalue weighted by Gasteiger charge is 1.83. The Morgan fingerprint density at radius 2 is 2.12 bits per heavy atom. The zero-order valence-electron chi connectivity index (χ0n) is 5.09. The van der Waals surface area contributed by atoms with Gasteiger partial charge in [-0.2, -0.15) is 0 Å². The Kier molecular flexibility index (Phi) is 4.61. The van der Waals surface area contributed by atoms with Gasteiger partial charge in [-0.15, -0.1) is 0 Å². The third-order valence-electron chi connectivity index (χ3n) is 0.946. The molecule has 0 atom stereocenters. The Morgan fingerprint density at radius 1 is 1.50 bits per heavy atom. The van der Waals surface area contributed by atoms with Crippen LogP contribution in [0.1, 0.15) is 13.3 Å². The van der Waals surface area contributed by atoms with E-state index in [9.17, 15) is 0 Å². The van der Waals surface area contributed by atoms with Crippen molar-refractivity contribution in [3.05, 3.63) is 11.6 Å². The third kappa shape index (κ3) is 3.84. The van der Waals surface area contributed by atoms with Crippen LogP contribution in [-0.4, -0.2) is 23.4 Å². The summed E-state index contributed by atoms with van der Waals surface area (Å²) < 4.78 is 0. The summed E-state index contributed by atoms with van der Waals surface area (Å²) in [4.78, 5) is 0. The molecule has 0 aromatic rings. The van der Waals surface area contributed by atoms with Crippen molar-refractivity contribution in [2.24, 2.45) is 0 Å². The summed E-state index contributed by atoms with van der Waals surface area (Å²) in [5.74, 6) is 0. The Bertz CT molecular complexity index is 76.6. The van der Waals surface area contributed by atoms with E-state index in [0.29, 0.717) is 6.42 Å². The fourth-order valence-corrected chi connectivity index (χ4v) is 0.434. The normalized spacial score (nSPS) is 12.1. The minimum Gasteiger partial charge on any atom is -0.396 e. The summed E-state index contributed by atoms with van der Waals surface area (Å²) in [6.45, 7) is 2.13. The molecule has 48 valence electrons. The van der Waals surface area contributed by atoms with E-state index < -0.39 is 0 Å². The predicted molar refractivity (Wildman–Crippen MR) is 32.5 cm³/mol. The maximum absolute atomic E-state index is 8.34. The van der Waals surface area contributed by atoms with Crippen LogP contribution in [0.5, 0.6) is 0 Å². The van der Waals surface area contributed by atoms with Crippen molar-refractivity contribution in [1.82, 2.24) is 0 Å². The van der Waals surface area contributed by atoms with Crippen LogP contribution in [0.15, 0.2) is 11.6 Å². The van der Waals surface area contributed by atoms with Crippen molar-refractivity contribution in [3.8, 4) is 0 Å². The zero-order valence-corrected chi connectivity index (χ0v) is 5.09. The number of hydrogen-bond acceptors (Lipinski definition) is 2. The van der Waals surface area contributed by atoms with Crippen molar-refractivity contribution >= 4 is 0 Å². The highest BCUT2D eigenvalue weighted by molar-refractivity contribution is 4.97. The quantitative estimate of drug-likeness (QED) is 0.521. The molecular weight excluding hydrogens is 104 g/mol. The largest absolute Gasteiger partial charge is 0.396 e. The second-order valence-electron chi connectivity index (χ2n) is 1.71. The molecule has 0 aliphatic heterocycles. The van der Waals surface area contributed by atoms with Crippen LogP contribution in [0.2, 0.25) is 0 Å². The first kappa shape index (κ1) is 7.66. The molecule has 0 aliphatic carbocycles. The van der Waals surface area contributed by atoms with Crippen LogP contribution in [0.25, 0.3) is 0 Å². The average Bonchev–Trinajstić information content (AvgIpc) is 1.68. The van der Waals surface area contributed by atoms with E-state index in [1.54, 1.807) is 6.08 Å². The van der Waals surface area contributed by atoms with Crippen LogP contribution < -0.4 is 0 Å². The first-order valence-electron chi connectivity index (χ1n) is 2.68. The molecule has 0 aromatic carbocycles. The number of hydrogen-bond donors (Lipinski definition) is 2. The Labute approximate surface area is 49.5 Å². The van der Waals surface area contributed by atoms with E-state index in [0.717, 1.165) is 5.57 Å². The fourth-order valence-electron chi connectivity index (χ4n) is 0.434. The van der Waals surface area contributed by atoms with Gasteiger partial charge in [0.25, 0.3) is 0 Å². The molecule has 0 amide bonds. The average molecular weight is 116 g/mol. The van der Waals surface area contributed by atoms with Gasteiger partial charge in [-0.25, -0.2) is 0 Å². The maximum atomic E-state index is 8.34. The highest BCUT2D eigenvalue weighted by Crippen LogP contribution is 1.95. The van der Waals surface area contributed by atoms with Crippen molar-refractivity contribution in [2.75, 3.05) is 13.2 Å². The summed E-state index contributed by atoms with van der Waals surface area (Å²) in [7, 11) is 0. The van der Waals surface area contributed by atoms with Crippen molar-refractivity contribution in [2.45, 2.75) is 13.3 Å². The van der Waals surface area contributed by atoms with E-state index in [2.05, 4.69) is 0 Å². The molecule has 0 heterocycles. The van der Waals surface area contributed by atoms with Crippen molar-refractivity contribution < 1.29 is 10.2 Å². The monoisotopic (exact) mass is 116 g/mol. The molecule has 2 heteroatoms. The lowest BCUT2D eigenvalue weighted by molar-refractivity contribution is 0.297. The molecule has 0 saturated carbocycles. The van der Waals surface area contributed by atoms with Crippen LogP contribution in [0.4, 0.5) is 0 Å². The first-order chi connectivity index (χ1) is 3.81. The van der Waals surface area contributed by atoms with Gasteiger partial charge in [0, 0.05) is 6.61 Å². The van der Waals surface area contributed by atoms with E-state index in [-0.39, 0.29) is 13.2 Å². The van der Waals surface area contributed by atoms with Crippen molar-refractivity contribution in [3.63, 3.8) is 0 Å². The van der Waals surface area contributed by atoms with E-state index in [4.69, 9.17) is 10.2 Å². The molecule has 2 N–H and O–H groups in total. The molecule has 8 heavy (non-hydrogen) atoms. The van der Waals surface area contributed by atoms with Crippen molar-refractivity contribution in [1.29, 1.82) is 0 Å². The summed E-state index contributed by atoms with van der Waals surface area (Å²) >= 11 is 0. The fraction of sp³-hybridized carbons (Fsp3) is 0.667. The molecule has 0 spiro atoms. The second kappa shape index (κ2) is 4.81. The first-order valence-corrected chi connectivity index (χ1v) is 2.68. The van der Waals surface area contributed by atoms with Gasteiger partial charge >= 0.3 is 0 Å². The maximum Gasteiger partial charge on any atom is 0.0614 e. The molecule has 0 bridgehead atoms. The molecule has 0 aliphatic rings. The van der Waals surface area contributed by atoms with E-state index in [1.807, 2.05) is 6.92 Å². The lowest BCUT2D eigenvalue weighted by atomic mass is 10.2. The van der Waals surface area contributed by atoms with Gasteiger partial charge in [-0.05, 0) is 13.3 Å². The SMILES string of the molecule is C/C(=C\CO)CCO. The number of rotatable bonds is 3. The molecule has 0 saturated heterocycles. The molecule has 0 fully saturated rings. The smallest absolute Gasteiger partial charge is 0.0614 e. The number of aliphatic hydroxyl groups is 2. The summed E-state index contributed by atoms with van der Waals surface area (Å²) in [6.07, 6.45) is 2.36. The predicted octanol–water partition coefficient (Wildman–Crippen LogP) is 0.307. The lowest BCUT2D eigenvalue weighted by Crippen LogP contribution is -1.85. The molecule has 0 unspecified atom stereocenters. The van der Waals surface area contributed by atoms with Gasteiger partial charge in [-0.1, -0.05) is 11.6 Å². The molecule has 2 nitrogen and oxygen atoms in total. The molecule has 0 rings (SSSR count). The Hall–Kier alpha value is -0.340. The van der Waals surface area contributed by atoms with Crippen LogP contribution in [0.3, 0.4) is 0 Å². The molecule has 0 radical (unpaired) electrons. The van der Waals surface area contributed by atoms with Crippen LogP contribution >= 0.6 is 0 Å². The minimum atomic E-state index is 0.0752. The number of aliphatic hydroxyl groups excluding tert-OH is 2.